The standard InChI is InChI=1S/C17H24FNO/c1-4-17(5-2)9-11-19(12-10-17)16-14(13(3)20)7-6-8-15(16)18/h6-8H,4-5,9-12H2,1-3H3. The fourth-order valence-electron chi connectivity index (χ4n) is 3.28. The van der Waals surface area contributed by atoms with Gasteiger partial charge in [0.25, 0.3) is 0 Å². The summed E-state index contributed by atoms with van der Waals surface area (Å²) in [6, 6.07) is 4.79. The van der Waals surface area contributed by atoms with Gasteiger partial charge in [-0.15, -0.1) is 0 Å². The third-order valence-electron chi connectivity index (χ3n) is 5.01. The molecule has 1 aromatic carbocycles. The summed E-state index contributed by atoms with van der Waals surface area (Å²) in [4.78, 5) is 13.8. The van der Waals surface area contributed by atoms with E-state index < -0.39 is 0 Å². The molecule has 0 amide bonds. The number of carbonyl (C=O) groups excluding carboxylic acids is 1. The van der Waals surface area contributed by atoms with Gasteiger partial charge >= 0.3 is 0 Å². The number of para-hydroxylation sites is 1. The molecule has 0 saturated carbocycles. The van der Waals surface area contributed by atoms with E-state index in [-0.39, 0.29) is 11.6 Å². The average molecular weight is 277 g/mol. The summed E-state index contributed by atoms with van der Waals surface area (Å²) in [6.45, 7) is 7.66. The molecule has 1 heterocycles. The quantitative estimate of drug-likeness (QED) is 0.759. The smallest absolute Gasteiger partial charge is 0.161 e. The van der Waals surface area contributed by atoms with Crippen molar-refractivity contribution >= 4 is 11.5 Å². The maximum absolute atomic E-state index is 14.2. The highest BCUT2D eigenvalue weighted by atomic mass is 19.1. The summed E-state index contributed by atoms with van der Waals surface area (Å²) in [5.41, 5.74) is 1.41. The first-order valence-electron chi connectivity index (χ1n) is 7.57. The monoisotopic (exact) mass is 277 g/mol. The first kappa shape index (κ1) is 15.0. The van der Waals surface area contributed by atoms with Crippen LogP contribution in [0, 0.1) is 11.2 Å². The molecule has 1 aliphatic heterocycles. The van der Waals surface area contributed by atoms with Crippen LogP contribution >= 0.6 is 0 Å². The lowest BCUT2D eigenvalue weighted by Crippen LogP contribution is -2.40. The minimum Gasteiger partial charge on any atom is -0.369 e. The fourth-order valence-corrected chi connectivity index (χ4v) is 3.28. The van der Waals surface area contributed by atoms with Gasteiger partial charge in [-0.05, 0) is 37.3 Å². The molecule has 110 valence electrons. The van der Waals surface area contributed by atoms with E-state index >= 15 is 0 Å². The molecule has 0 radical (unpaired) electrons. The van der Waals surface area contributed by atoms with Crippen LogP contribution in [0.3, 0.4) is 0 Å². The highest BCUT2D eigenvalue weighted by Crippen LogP contribution is 2.40. The summed E-state index contributed by atoms with van der Waals surface area (Å²) < 4.78 is 14.2. The Balaban J connectivity index is 2.25. The van der Waals surface area contributed by atoms with Crippen LogP contribution in [0.1, 0.15) is 56.8 Å². The van der Waals surface area contributed by atoms with Crippen molar-refractivity contribution in [2.24, 2.45) is 5.41 Å². The number of rotatable bonds is 4. The lowest BCUT2D eigenvalue weighted by Gasteiger charge is -2.42. The molecule has 0 bridgehead atoms. The van der Waals surface area contributed by atoms with Crippen molar-refractivity contribution in [3.8, 4) is 0 Å². The van der Waals surface area contributed by atoms with Crippen LogP contribution in [0.4, 0.5) is 10.1 Å². The predicted molar refractivity (Wildman–Crippen MR) is 80.9 cm³/mol. The molecule has 0 unspecified atom stereocenters. The number of ketones is 1. The third-order valence-corrected chi connectivity index (χ3v) is 5.01. The number of piperidine rings is 1. The molecule has 3 heteroatoms. The Labute approximate surface area is 121 Å². The number of halogens is 1. The Hall–Kier alpha value is -1.38. The molecule has 0 N–H and O–H groups in total. The molecule has 2 rings (SSSR count). The van der Waals surface area contributed by atoms with Gasteiger partial charge in [-0.3, -0.25) is 4.79 Å². The van der Waals surface area contributed by atoms with E-state index in [1.807, 2.05) is 0 Å². The number of hydrogen-bond donors (Lipinski definition) is 0. The van der Waals surface area contributed by atoms with Crippen molar-refractivity contribution in [3.05, 3.63) is 29.6 Å². The van der Waals surface area contributed by atoms with Gasteiger partial charge in [0.05, 0.1) is 5.69 Å². The van der Waals surface area contributed by atoms with Crippen molar-refractivity contribution in [1.29, 1.82) is 0 Å². The second-order valence-electron chi connectivity index (χ2n) is 5.89. The normalized spacial score (nSPS) is 18.1. The van der Waals surface area contributed by atoms with Crippen LogP contribution in [-0.4, -0.2) is 18.9 Å². The SMILES string of the molecule is CCC1(CC)CCN(c2c(F)cccc2C(C)=O)CC1. The highest BCUT2D eigenvalue weighted by Gasteiger charge is 2.32. The first-order chi connectivity index (χ1) is 9.53. The topological polar surface area (TPSA) is 20.3 Å². The third kappa shape index (κ3) is 2.72. The summed E-state index contributed by atoms with van der Waals surface area (Å²) in [7, 11) is 0. The molecule has 2 nitrogen and oxygen atoms in total. The molecular weight excluding hydrogens is 253 g/mol. The Morgan fingerprint density at radius 2 is 1.85 bits per heavy atom. The van der Waals surface area contributed by atoms with E-state index in [1.54, 1.807) is 12.1 Å². The van der Waals surface area contributed by atoms with Gasteiger partial charge in [0.2, 0.25) is 0 Å². The Kier molecular flexibility index (Phi) is 4.46. The first-order valence-corrected chi connectivity index (χ1v) is 7.57. The van der Waals surface area contributed by atoms with E-state index in [1.165, 1.54) is 25.8 Å². The van der Waals surface area contributed by atoms with Crippen LogP contribution in [-0.2, 0) is 0 Å². The molecule has 1 saturated heterocycles. The van der Waals surface area contributed by atoms with Crippen LogP contribution in [0.5, 0.6) is 0 Å². The predicted octanol–water partition coefficient (Wildman–Crippen LogP) is 4.43. The zero-order chi connectivity index (χ0) is 14.8. The summed E-state index contributed by atoms with van der Waals surface area (Å²) >= 11 is 0. The van der Waals surface area contributed by atoms with Crippen molar-refractivity contribution in [3.63, 3.8) is 0 Å². The largest absolute Gasteiger partial charge is 0.369 e. The highest BCUT2D eigenvalue weighted by molar-refractivity contribution is 5.99. The van der Waals surface area contributed by atoms with Crippen LogP contribution in [0.25, 0.3) is 0 Å². The van der Waals surface area contributed by atoms with E-state index in [0.29, 0.717) is 16.7 Å². The lowest BCUT2D eigenvalue weighted by atomic mass is 9.74. The van der Waals surface area contributed by atoms with Gasteiger partial charge in [0, 0.05) is 18.7 Å². The molecule has 0 aromatic heterocycles. The van der Waals surface area contributed by atoms with E-state index in [0.717, 1.165) is 25.9 Å². The molecule has 1 fully saturated rings. The van der Waals surface area contributed by atoms with E-state index in [9.17, 15) is 9.18 Å². The molecule has 0 atom stereocenters. The molecule has 1 aromatic rings. The van der Waals surface area contributed by atoms with Crippen LogP contribution in [0.2, 0.25) is 0 Å². The second kappa shape index (κ2) is 5.94. The zero-order valence-electron chi connectivity index (χ0n) is 12.7. The minimum atomic E-state index is -0.279. The number of benzene rings is 1. The van der Waals surface area contributed by atoms with Gasteiger partial charge in [-0.2, -0.15) is 0 Å². The van der Waals surface area contributed by atoms with Crippen molar-refractivity contribution < 1.29 is 9.18 Å². The molecule has 0 aliphatic carbocycles. The lowest BCUT2D eigenvalue weighted by molar-refractivity contribution is 0.101. The summed E-state index contributed by atoms with van der Waals surface area (Å²) in [5.74, 6) is -0.347. The summed E-state index contributed by atoms with van der Waals surface area (Å²) in [5, 5.41) is 0. The second-order valence-corrected chi connectivity index (χ2v) is 5.89. The maximum atomic E-state index is 14.2. The molecular formula is C17H24FNO. The minimum absolute atomic E-state index is 0.0673. The van der Waals surface area contributed by atoms with Crippen LogP contribution in [0.15, 0.2) is 18.2 Å². The number of hydrogen-bond acceptors (Lipinski definition) is 2. The average Bonchev–Trinajstić information content (AvgIpc) is 2.47. The van der Waals surface area contributed by atoms with Crippen molar-refractivity contribution in [2.45, 2.75) is 46.5 Å². The van der Waals surface area contributed by atoms with E-state index in [4.69, 9.17) is 0 Å². The number of anilines is 1. The van der Waals surface area contributed by atoms with Gasteiger partial charge in [-0.25, -0.2) is 4.39 Å². The molecule has 1 aliphatic rings. The molecule has 20 heavy (non-hydrogen) atoms. The van der Waals surface area contributed by atoms with Crippen LogP contribution < -0.4 is 4.90 Å². The Morgan fingerprint density at radius 3 is 2.35 bits per heavy atom. The Bertz CT molecular complexity index is 484. The number of carbonyl (C=O) groups is 1. The van der Waals surface area contributed by atoms with Gasteiger partial charge in [0.15, 0.2) is 5.78 Å². The van der Waals surface area contributed by atoms with Crippen molar-refractivity contribution in [2.75, 3.05) is 18.0 Å². The van der Waals surface area contributed by atoms with Gasteiger partial charge in [-0.1, -0.05) is 32.8 Å². The maximum Gasteiger partial charge on any atom is 0.161 e. The molecule has 0 spiro atoms. The Morgan fingerprint density at radius 1 is 1.25 bits per heavy atom. The van der Waals surface area contributed by atoms with Gasteiger partial charge < -0.3 is 4.90 Å². The summed E-state index contributed by atoms with van der Waals surface area (Å²) in [6.07, 6.45) is 4.50. The zero-order valence-corrected chi connectivity index (χ0v) is 12.7. The van der Waals surface area contributed by atoms with Gasteiger partial charge in [0.1, 0.15) is 5.82 Å². The van der Waals surface area contributed by atoms with E-state index in [2.05, 4.69) is 18.7 Å². The number of nitrogens with zero attached hydrogens (tertiary/aromatic N) is 1. The number of Topliss-reactive ketones (excluding diaryl/α,β-unsaturated/α-hetero) is 1. The van der Waals surface area contributed by atoms with Crippen molar-refractivity contribution in [1.82, 2.24) is 0 Å². The fraction of sp³-hybridized carbons (Fsp3) is 0.588.